The number of aliphatic carboxylic acids is 1. The topological polar surface area (TPSA) is 131 Å². The first-order valence-corrected chi connectivity index (χ1v) is 9.71. The van der Waals surface area contributed by atoms with Gasteiger partial charge in [0, 0.05) is 12.6 Å². The van der Waals surface area contributed by atoms with Gasteiger partial charge in [0.2, 0.25) is 5.91 Å². The molecular weight excluding hydrogens is 362 g/mol. The smallest absolute Gasteiger partial charge is 0.326 e. The summed E-state index contributed by atoms with van der Waals surface area (Å²) in [5.41, 5.74) is 5.10. The van der Waals surface area contributed by atoms with Crippen molar-refractivity contribution >= 4 is 24.0 Å². The normalized spacial score (nSPS) is 20.7. The van der Waals surface area contributed by atoms with Crippen molar-refractivity contribution in [1.29, 1.82) is 0 Å². The molecule has 0 spiro atoms. The van der Waals surface area contributed by atoms with E-state index < -0.39 is 24.0 Å². The summed E-state index contributed by atoms with van der Waals surface area (Å²) < 4.78 is 5.57. The summed E-state index contributed by atoms with van der Waals surface area (Å²) >= 11 is 0. The summed E-state index contributed by atoms with van der Waals surface area (Å²) in [7, 11) is 0. The van der Waals surface area contributed by atoms with Gasteiger partial charge in [0.1, 0.15) is 12.1 Å². The standard InChI is InChI=1S/C18H27N3O5.C2H6/c1-13-6-4-9-16(26-13)15(22)8-2-3-10-17(23)21-14(18(24)25)7-5-11-20-12-19;1-2/h2-3,8,10,12-14,16H,4-7,9,11H2,1H3,(H2,19,20)(H,21,23)(H,24,25);1-2H3/b8-2+,10-3+;/t13-,14-,16?;/m0./s1. The molecule has 0 bridgehead atoms. The molecule has 1 amide bonds. The maximum Gasteiger partial charge on any atom is 0.326 e. The van der Waals surface area contributed by atoms with E-state index in [9.17, 15) is 14.4 Å². The van der Waals surface area contributed by atoms with Gasteiger partial charge in [-0.1, -0.05) is 26.0 Å². The molecule has 0 aliphatic carbocycles. The quantitative estimate of drug-likeness (QED) is 0.170. The fraction of sp³-hybridized carbons (Fsp3) is 0.600. The van der Waals surface area contributed by atoms with Gasteiger partial charge in [-0.25, -0.2) is 4.79 Å². The van der Waals surface area contributed by atoms with Crippen molar-refractivity contribution < 1.29 is 24.2 Å². The van der Waals surface area contributed by atoms with E-state index >= 15 is 0 Å². The number of carboxylic acids is 1. The number of aliphatic imine (C=N–C) groups is 1. The molecule has 0 aromatic carbocycles. The van der Waals surface area contributed by atoms with Crippen molar-refractivity contribution in [2.24, 2.45) is 10.7 Å². The number of nitrogens with zero attached hydrogens (tertiary/aromatic N) is 1. The van der Waals surface area contributed by atoms with E-state index in [2.05, 4.69) is 10.3 Å². The Bertz CT molecular complexity index is 572. The van der Waals surface area contributed by atoms with Crippen molar-refractivity contribution in [1.82, 2.24) is 5.32 Å². The molecule has 3 atom stereocenters. The van der Waals surface area contributed by atoms with Gasteiger partial charge in [-0.3, -0.25) is 14.6 Å². The average molecular weight is 396 g/mol. The number of carbonyl (C=O) groups is 3. The third-order valence-electron chi connectivity index (χ3n) is 3.91. The van der Waals surface area contributed by atoms with E-state index in [0.29, 0.717) is 19.4 Å². The van der Waals surface area contributed by atoms with Crippen LogP contribution in [0.2, 0.25) is 0 Å². The van der Waals surface area contributed by atoms with E-state index in [4.69, 9.17) is 15.6 Å². The fourth-order valence-corrected chi connectivity index (χ4v) is 2.56. The molecule has 158 valence electrons. The van der Waals surface area contributed by atoms with E-state index in [-0.39, 0.29) is 18.3 Å². The van der Waals surface area contributed by atoms with E-state index in [1.54, 1.807) is 0 Å². The Hall–Kier alpha value is -2.48. The molecule has 1 saturated heterocycles. The molecule has 1 fully saturated rings. The SMILES string of the molecule is CC.C[C@H]1CCCC(C(=O)/C=C/C=C/C(=O)N[C@@H](CCCN=CN)C(=O)O)O1. The summed E-state index contributed by atoms with van der Waals surface area (Å²) in [4.78, 5) is 38.7. The Kier molecular flexibility index (Phi) is 14.2. The minimum absolute atomic E-state index is 0.0796. The molecule has 28 heavy (non-hydrogen) atoms. The Morgan fingerprint density at radius 2 is 1.93 bits per heavy atom. The molecular formula is C20H33N3O5. The van der Waals surface area contributed by atoms with Crippen LogP contribution in [0.4, 0.5) is 0 Å². The van der Waals surface area contributed by atoms with Crippen LogP contribution in [0.25, 0.3) is 0 Å². The average Bonchev–Trinajstić information content (AvgIpc) is 2.68. The van der Waals surface area contributed by atoms with Crippen LogP contribution < -0.4 is 11.1 Å². The second-order valence-electron chi connectivity index (χ2n) is 6.08. The molecule has 0 aromatic heterocycles. The van der Waals surface area contributed by atoms with Crippen LogP contribution in [0.3, 0.4) is 0 Å². The number of nitrogens with two attached hydrogens (primary N) is 1. The van der Waals surface area contributed by atoms with Crippen molar-refractivity contribution in [2.75, 3.05) is 6.54 Å². The summed E-state index contributed by atoms with van der Waals surface area (Å²) in [6.45, 7) is 6.34. The van der Waals surface area contributed by atoms with Gasteiger partial charge < -0.3 is 20.9 Å². The van der Waals surface area contributed by atoms with Crippen LogP contribution in [-0.2, 0) is 19.1 Å². The minimum atomic E-state index is -1.11. The maximum atomic E-state index is 12.0. The van der Waals surface area contributed by atoms with Gasteiger partial charge in [0.05, 0.1) is 12.4 Å². The van der Waals surface area contributed by atoms with Gasteiger partial charge in [0.25, 0.3) is 0 Å². The summed E-state index contributed by atoms with van der Waals surface area (Å²) in [5.74, 6) is -1.79. The van der Waals surface area contributed by atoms with Crippen LogP contribution in [0.5, 0.6) is 0 Å². The zero-order valence-corrected chi connectivity index (χ0v) is 17.0. The number of ketones is 1. The predicted molar refractivity (Wildman–Crippen MR) is 109 cm³/mol. The number of nitrogens with one attached hydrogen (secondary N) is 1. The van der Waals surface area contributed by atoms with Gasteiger partial charge >= 0.3 is 5.97 Å². The number of ether oxygens (including phenoxy) is 1. The van der Waals surface area contributed by atoms with Crippen molar-refractivity contribution in [3.63, 3.8) is 0 Å². The van der Waals surface area contributed by atoms with Gasteiger partial charge in [-0.2, -0.15) is 0 Å². The Labute approximate surface area is 166 Å². The fourth-order valence-electron chi connectivity index (χ4n) is 2.56. The van der Waals surface area contributed by atoms with Gasteiger partial charge in [-0.05, 0) is 45.1 Å². The highest BCUT2D eigenvalue weighted by Crippen LogP contribution is 2.19. The van der Waals surface area contributed by atoms with Crippen LogP contribution in [0.15, 0.2) is 29.3 Å². The zero-order valence-electron chi connectivity index (χ0n) is 17.0. The van der Waals surface area contributed by atoms with E-state index in [0.717, 1.165) is 19.2 Å². The molecule has 0 aromatic rings. The summed E-state index contributed by atoms with van der Waals surface area (Å²) in [6, 6.07) is -0.997. The van der Waals surface area contributed by atoms with Crippen molar-refractivity contribution in [3.05, 3.63) is 24.3 Å². The second-order valence-corrected chi connectivity index (χ2v) is 6.08. The molecule has 1 aliphatic rings. The largest absolute Gasteiger partial charge is 0.480 e. The first kappa shape index (κ1) is 25.5. The Balaban J connectivity index is 0.00000352. The molecule has 0 radical (unpaired) electrons. The maximum absolute atomic E-state index is 12.0. The second kappa shape index (κ2) is 15.6. The lowest BCUT2D eigenvalue weighted by Gasteiger charge is -2.25. The van der Waals surface area contributed by atoms with Crippen molar-refractivity contribution in [3.8, 4) is 0 Å². The predicted octanol–water partition coefficient (Wildman–Crippen LogP) is 1.99. The number of amides is 1. The first-order chi connectivity index (χ1) is 13.4. The number of hydrogen-bond donors (Lipinski definition) is 3. The van der Waals surface area contributed by atoms with Crippen LogP contribution in [0, 0.1) is 0 Å². The number of carboxylic acid groups (broad SMARTS) is 1. The number of hydrogen-bond acceptors (Lipinski definition) is 5. The number of rotatable bonds is 10. The van der Waals surface area contributed by atoms with Gasteiger partial charge in [0.15, 0.2) is 5.78 Å². The van der Waals surface area contributed by atoms with Crippen LogP contribution >= 0.6 is 0 Å². The van der Waals surface area contributed by atoms with Crippen LogP contribution in [-0.4, -0.2) is 53.9 Å². The third-order valence-corrected chi connectivity index (χ3v) is 3.91. The molecule has 0 saturated carbocycles. The zero-order chi connectivity index (χ0) is 21.4. The first-order valence-electron chi connectivity index (χ1n) is 9.71. The van der Waals surface area contributed by atoms with Crippen LogP contribution in [0.1, 0.15) is 52.9 Å². The molecule has 8 heteroatoms. The molecule has 8 nitrogen and oxygen atoms in total. The summed E-state index contributed by atoms with van der Waals surface area (Å²) in [5, 5.41) is 11.5. The van der Waals surface area contributed by atoms with E-state index in [1.165, 1.54) is 24.3 Å². The lowest BCUT2D eigenvalue weighted by molar-refractivity contribution is -0.141. The third kappa shape index (κ3) is 11.3. The highest BCUT2D eigenvalue weighted by Gasteiger charge is 2.23. The molecule has 1 heterocycles. The summed E-state index contributed by atoms with van der Waals surface area (Å²) in [6.07, 6.45) is 9.56. The minimum Gasteiger partial charge on any atom is -0.480 e. The highest BCUT2D eigenvalue weighted by atomic mass is 16.5. The number of carbonyl (C=O) groups excluding carboxylic acids is 2. The molecule has 1 unspecified atom stereocenters. The Morgan fingerprint density at radius 1 is 1.25 bits per heavy atom. The molecule has 4 N–H and O–H groups in total. The van der Waals surface area contributed by atoms with E-state index in [1.807, 2.05) is 20.8 Å². The Morgan fingerprint density at radius 3 is 2.54 bits per heavy atom. The highest BCUT2D eigenvalue weighted by molar-refractivity contribution is 5.94. The molecule has 1 rings (SSSR count). The van der Waals surface area contributed by atoms with Crippen molar-refractivity contribution in [2.45, 2.75) is 71.1 Å². The van der Waals surface area contributed by atoms with Gasteiger partial charge in [-0.15, -0.1) is 0 Å². The lowest BCUT2D eigenvalue weighted by Crippen LogP contribution is -2.40. The molecule has 1 aliphatic heterocycles. The lowest BCUT2D eigenvalue weighted by atomic mass is 10.0. The number of allylic oxidation sites excluding steroid dienone is 2. The monoisotopic (exact) mass is 395 g/mol.